The minimum atomic E-state index is -4.61. The molecule has 148 valence electrons. The van der Waals surface area contributed by atoms with Crippen molar-refractivity contribution >= 4 is 0 Å². The maximum Gasteiger partial charge on any atom is 0.573 e. The lowest BCUT2D eigenvalue weighted by Gasteiger charge is -2.28. The van der Waals surface area contributed by atoms with Gasteiger partial charge in [-0.15, -0.1) is 13.2 Å². The van der Waals surface area contributed by atoms with E-state index >= 15 is 0 Å². The molecule has 0 atom stereocenters. The van der Waals surface area contributed by atoms with Crippen LogP contribution in [0, 0.1) is 11.8 Å². The van der Waals surface area contributed by atoms with Gasteiger partial charge in [0, 0.05) is 0 Å². The van der Waals surface area contributed by atoms with Gasteiger partial charge in [0.25, 0.3) is 0 Å². The van der Waals surface area contributed by atoms with E-state index in [2.05, 4.69) is 11.7 Å². The summed E-state index contributed by atoms with van der Waals surface area (Å²) in [4.78, 5) is 0. The van der Waals surface area contributed by atoms with Crippen LogP contribution >= 0.6 is 0 Å². The molecule has 1 aliphatic carbocycles. The van der Waals surface area contributed by atoms with Gasteiger partial charge >= 0.3 is 6.36 Å². The van der Waals surface area contributed by atoms with E-state index in [1.54, 1.807) is 12.1 Å². The molecule has 1 aliphatic rings. The number of halogens is 3. The molecule has 0 heterocycles. The normalized spacial score (nSPS) is 20.9. The predicted molar refractivity (Wildman–Crippen MR) is 100 cm³/mol. The molecule has 4 heteroatoms. The van der Waals surface area contributed by atoms with E-state index in [0.717, 1.165) is 30.2 Å². The second-order valence-corrected chi connectivity index (χ2v) is 7.82. The van der Waals surface area contributed by atoms with Crippen molar-refractivity contribution in [3.05, 3.63) is 29.8 Å². The summed E-state index contributed by atoms with van der Waals surface area (Å²) in [5.74, 6) is 1.71. The van der Waals surface area contributed by atoms with Crippen LogP contribution in [0.4, 0.5) is 13.2 Å². The fourth-order valence-corrected chi connectivity index (χ4v) is 4.11. The van der Waals surface area contributed by atoms with Crippen molar-refractivity contribution in [1.82, 2.24) is 0 Å². The van der Waals surface area contributed by atoms with Gasteiger partial charge in [-0.25, -0.2) is 0 Å². The quantitative estimate of drug-likeness (QED) is 0.384. The fraction of sp³-hybridized carbons (Fsp3) is 0.727. The molecule has 0 saturated heterocycles. The molecule has 1 saturated carbocycles. The van der Waals surface area contributed by atoms with E-state index in [9.17, 15) is 13.2 Å². The first-order valence-electron chi connectivity index (χ1n) is 10.3. The fourth-order valence-electron chi connectivity index (χ4n) is 4.11. The van der Waals surface area contributed by atoms with E-state index < -0.39 is 6.36 Å². The molecular weight excluding hydrogens is 337 g/mol. The molecule has 0 N–H and O–H groups in total. The highest BCUT2D eigenvalue weighted by molar-refractivity contribution is 5.27. The zero-order valence-corrected chi connectivity index (χ0v) is 16.0. The molecule has 0 spiro atoms. The number of hydrogen-bond donors (Lipinski definition) is 0. The van der Waals surface area contributed by atoms with Crippen molar-refractivity contribution in [2.75, 3.05) is 0 Å². The summed E-state index contributed by atoms with van der Waals surface area (Å²) in [6.45, 7) is 2.27. The lowest BCUT2D eigenvalue weighted by molar-refractivity contribution is -0.274. The van der Waals surface area contributed by atoms with Crippen molar-refractivity contribution in [2.45, 2.75) is 90.3 Å². The highest BCUT2D eigenvalue weighted by Gasteiger charge is 2.30. The third-order valence-electron chi connectivity index (χ3n) is 5.67. The standard InChI is InChI=1S/C22H33F3O/c1-2-3-4-7-18-10-12-19(13-11-18)8-5-6-9-20-14-16-21(17-15-20)26-22(23,24)25/h14-19H,2-13H2,1H3. The Balaban J connectivity index is 1.57. The zero-order chi connectivity index (χ0) is 18.8. The summed E-state index contributed by atoms with van der Waals surface area (Å²) >= 11 is 0. The van der Waals surface area contributed by atoms with Crippen molar-refractivity contribution in [3.63, 3.8) is 0 Å². The van der Waals surface area contributed by atoms with Gasteiger partial charge < -0.3 is 4.74 Å². The number of benzene rings is 1. The Kier molecular flexibility index (Phi) is 8.80. The van der Waals surface area contributed by atoms with E-state index in [0.29, 0.717) is 0 Å². The van der Waals surface area contributed by atoms with Gasteiger partial charge in [-0.3, -0.25) is 0 Å². The minimum absolute atomic E-state index is 0.142. The number of hydrogen-bond acceptors (Lipinski definition) is 1. The van der Waals surface area contributed by atoms with Crippen LogP contribution in [-0.2, 0) is 6.42 Å². The van der Waals surface area contributed by atoms with Crippen LogP contribution in [0.1, 0.15) is 83.1 Å². The van der Waals surface area contributed by atoms with Gasteiger partial charge in [0.2, 0.25) is 0 Å². The highest BCUT2D eigenvalue weighted by Crippen LogP contribution is 2.34. The predicted octanol–water partition coefficient (Wildman–Crippen LogP) is 7.68. The van der Waals surface area contributed by atoms with Gasteiger partial charge in [0.05, 0.1) is 0 Å². The third kappa shape index (κ3) is 8.46. The van der Waals surface area contributed by atoms with Crippen LogP contribution in [0.15, 0.2) is 24.3 Å². The first kappa shape index (κ1) is 21.1. The summed E-state index contributed by atoms with van der Waals surface area (Å²) < 4.78 is 40.3. The average molecular weight is 370 g/mol. The van der Waals surface area contributed by atoms with Gasteiger partial charge in [-0.05, 0) is 42.4 Å². The Labute approximate surface area is 156 Å². The summed E-state index contributed by atoms with van der Waals surface area (Å²) in [5, 5.41) is 0. The third-order valence-corrected chi connectivity index (χ3v) is 5.67. The first-order valence-corrected chi connectivity index (χ1v) is 10.3. The second kappa shape index (κ2) is 10.8. The summed E-state index contributed by atoms with van der Waals surface area (Å²) in [6, 6.07) is 6.29. The number of unbranched alkanes of at least 4 members (excludes halogenated alkanes) is 3. The zero-order valence-electron chi connectivity index (χ0n) is 16.0. The molecule has 0 amide bonds. The summed E-state index contributed by atoms with van der Waals surface area (Å²) in [6.07, 6.45) is 11.1. The van der Waals surface area contributed by atoms with Gasteiger partial charge in [-0.2, -0.15) is 0 Å². The molecule has 26 heavy (non-hydrogen) atoms. The van der Waals surface area contributed by atoms with Crippen molar-refractivity contribution in [3.8, 4) is 5.75 Å². The lowest BCUT2D eigenvalue weighted by Crippen LogP contribution is -2.17. The largest absolute Gasteiger partial charge is 0.573 e. The Bertz CT molecular complexity index is 487. The molecule has 0 bridgehead atoms. The number of alkyl halides is 3. The summed E-state index contributed by atoms with van der Waals surface area (Å²) in [5.41, 5.74) is 1.08. The molecule has 1 fully saturated rings. The summed E-state index contributed by atoms with van der Waals surface area (Å²) in [7, 11) is 0. The molecule has 0 unspecified atom stereocenters. The van der Waals surface area contributed by atoms with Gasteiger partial charge in [0.1, 0.15) is 5.75 Å². The van der Waals surface area contributed by atoms with Crippen molar-refractivity contribution < 1.29 is 17.9 Å². The maximum atomic E-state index is 12.1. The van der Waals surface area contributed by atoms with E-state index in [1.165, 1.54) is 76.3 Å². The highest BCUT2D eigenvalue weighted by atomic mass is 19.4. The molecule has 0 aromatic heterocycles. The van der Waals surface area contributed by atoms with Gasteiger partial charge in [0.15, 0.2) is 0 Å². The van der Waals surface area contributed by atoms with Crippen LogP contribution in [0.25, 0.3) is 0 Å². The molecule has 2 rings (SSSR count). The minimum Gasteiger partial charge on any atom is -0.406 e. The van der Waals surface area contributed by atoms with Crippen LogP contribution in [-0.4, -0.2) is 6.36 Å². The molecule has 1 aromatic carbocycles. The number of ether oxygens (including phenoxy) is 1. The van der Waals surface area contributed by atoms with Crippen molar-refractivity contribution in [1.29, 1.82) is 0 Å². The van der Waals surface area contributed by atoms with E-state index in [4.69, 9.17) is 0 Å². The number of rotatable bonds is 10. The molecule has 0 radical (unpaired) electrons. The maximum absolute atomic E-state index is 12.1. The van der Waals surface area contributed by atoms with Crippen LogP contribution < -0.4 is 4.74 Å². The number of aryl methyl sites for hydroxylation is 1. The molecule has 0 aliphatic heterocycles. The Morgan fingerprint density at radius 3 is 1.88 bits per heavy atom. The Morgan fingerprint density at radius 1 is 0.846 bits per heavy atom. The topological polar surface area (TPSA) is 9.23 Å². The molecule has 1 nitrogen and oxygen atoms in total. The van der Waals surface area contributed by atoms with Crippen LogP contribution in [0.5, 0.6) is 5.75 Å². The average Bonchev–Trinajstić information content (AvgIpc) is 2.60. The molecular formula is C22H33F3O. The Morgan fingerprint density at radius 2 is 1.38 bits per heavy atom. The SMILES string of the molecule is CCCCCC1CCC(CCCCc2ccc(OC(F)(F)F)cc2)CC1. The van der Waals surface area contributed by atoms with Crippen LogP contribution in [0.3, 0.4) is 0 Å². The monoisotopic (exact) mass is 370 g/mol. The van der Waals surface area contributed by atoms with Crippen LogP contribution in [0.2, 0.25) is 0 Å². The van der Waals surface area contributed by atoms with Gasteiger partial charge in [-0.1, -0.05) is 83.3 Å². The van der Waals surface area contributed by atoms with Crippen molar-refractivity contribution in [2.24, 2.45) is 11.8 Å². The van der Waals surface area contributed by atoms with E-state index in [1.807, 2.05) is 0 Å². The second-order valence-electron chi connectivity index (χ2n) is 7.82. The first-order chi connectivity index (χ1) is 12.5. The van der Waals surface area contributed by atoms with E-state index in [-0.39, 0.29) is 5.75 Å². The lowest BCUT2D eigenvalue weighted by atomic mass is 9.78. The molecule has 1 aromatic rings. The smallest absolute Gasteiger partial charge is 0.406 e. The Hall–Kier alpha value is -1.19.